The number of hydrogen-bond donors (Lipinski definition) is 0. The van der Waals surface area contributed by atoms with Crippen LogP contribution in [0.2, 0.25) is 0 Å². The first kappa shape index (κ1) is 12.0. The van der Waals surface area contributed by atoms with E-state index >= 15 is 0 Å². The van der Waals surface area contributed by atoms with Gasteiger partial charge in [-0.05, 0) is 28.1 Å². The molecule has 0 unspecified atom stereocenters. The molecule has 3 aromatic rings. The van der Waals surface area contributed by atoms with Crippen LogP contribution in [0.1, 0.15) is 16.1 Å². The third kappa shape index (κ3) is 2.17. The molecule has 19 heavy (non-hydrogen) atoms. The summed E-state index contributed by atoms with van der Waals surface area (Å²) in [5, 5.41) is 5.01. The van der Waals surface area contributed by atoms with Crippen LogP contribution in [0.4, 0.5) is 0 Å². The number of rotatable bonds is 2. The van der Waals surface area contributed by atoms with E-state index in [-0.39, 0.29) is 5.78 Å². The molecule has 0 N–H and O–H groups in total. The SMILES string of the molecule is Cn1cc(C(=O)c2nc3ccccc3cc2Br)cn1. The Labute approximate surface area is 118 Å². The fraction of sp³-hybridized carbons (Fsp3) is 0.0714. The smallest absolute Gasteiger partial charge is 0.215 e. The summed E-state index contributed by atoms with van der Waals surface area (Å²) in [6, 6.07) is 9.61. The lowest BCUT2D eigenvalue weighted by molar-refractivity contribution is 0.103. The number of aromatic nitrogens is 3. The minimum absolute atomic E-state index is 0.134. The van der Waals surface area contributed by atoms with Gasteiger partial charge in [-0.2, -0.15) is 5.10 Å². The lowest BCUT2D eigenvalue weighted by Crippen LogP contribution is -2.04. The molecule has 0 atom stereocenters. The Morgan fingerprint density at radius 3 is 2.84 bits per heavy atom. The van der Waals surface area contributed by atoms with Crippen molar-refractivity contribution in [1.29, 1.82) is 0 Å². The normalized spacial score (nSPS) is 10.8. The van der Waals surface area contributed by atoms with Gasteiger partial charge in [0.1, 0.15) is 5.69 Å². The quantitative estimate of drug-likeness (QED) is 0.683. The highest BCUT2D eigenvalue weighted by atomic mass is 79.9. The third-order valence-electron chi connectivity index (χ3n) is 2.86. The number of hydrogen-bond acceptors (Lipinski definition) is 3. The third-order valence-corrected chi connectivity index (χ3v) is 3.46. The summed E-state index contributed by atoms with van der Waals surface area (Å²) in [5.74, 6) is -0.134. The highest BCUT2D eigenvalue weighted by Crippen LogP contribution is 2.23. The van der Waals surface area contributed by atoms with E-state index in [1.807, 2.05) is 30.3 Å². The van der Waals surface area contributed by atoms with E-state index in [4.69, 9.17) is 0 Å². The maximum atomic E-state index is 12.4. The molecule has 0 aliphatic heterocycles. The van der Waals surface area contributed by atoms with Crippen LogP contribution < -0.4 is 0 Å². The number of carbonyl (C=O) groups is 1. The molecule has 0 fully saturated rings. The predicted molar refractivity (Wildman–Crippen MR) is 76.1 cm³/mol. The molecule has 0 aliphatic carbocycles. The van der Waals surface area contributed by atoms with Crippen LogP contribution in [0.3, 0.4) is 0 Å². The highest BCUT2D eigenvalue weighted by Gasteiger charge is 2.16. The molecule has 0 saturated carbocycles. The minimum atomic E-state index is -0.134. The molecule has 0 spiro atoms. The van der Waals surface area contributed by atoms with E-state index in [0.717, 1.165) is 10.9 Å². The van der Waals surface area contributed by atoms with Crippen LogP contribution in [0, 0.1) is 0 Å². The van der Waals surface area contributed by atoms with Crippen molar-refractivity contribution in [1.82, 2.24) is 14.8 Å². The summed E-state index contributed by atoms with van der Waals surface area (Å²) in [4.78, 5) is 16.8. The number of fused-ring (bicyclic) bond motifs is 1. The molecule has 0 amide bonds. The Bertz CT molecular complexity index is 779. The molecule has 4 nitrogen and oxygen atoms in total. The van der Waals surface area contributed by atoms with Crippen molar-refractivity contribution in [2.24, 2.45) is 7.05 Å². The van der Waals surface area contributed by atoms with Gasteiger partial charge in [0.05, 0.1) is 17.3 Å². The van der Waals surface area contributed by atoms with Gasteiger partial charge in [-0.25, -0.2) is 4.98 Å². The van der Waals surface area contributed by atoms with E-state index in [1.54, 1.807) is 24.1 Å². The Morgan fingerprint density at radius 2 is 2.11 bits per heavy atom. The molecule has 0 bridgehead atoms. The van der Waals surface area contributed by atoms with Crippen molar-refractivity contribution in [3.05, 3.63) is 58.5 Å². The Balaban J connectivity index is 2.14. The number of pyridine rings is 1. The van der Waals surface area contributed by atoms with E-state index in [2.05, 4.69) is 26.0 Å². The standard InChI is InChI=1S/C14H10BrN3O/c1-18-8-10(7-16-18)14(19)13-11(15)6-9-4-2-3-5-12(9)17-13/h2-8H,1H3. The average Bonchev–Trinajstić information content (AvgIpc) is 2.84. The van der Waals surface area contributed by atoms with E-state index in [0.29, 0.717) is 15.7 Å². The second kappa shape index (κ2) is 4.59. The zero-order chi connectivity index (χ0) is 13.4. The summed E-state index contributed by atoms with van der Waals surface area (Å²) in [5.41, 5.74) is 1.75. The van der Waals surface area contributed by atoms with Crippen LogP contribution in [0.5, 0.6) is 0 Å². The molecule has 5 heteroatoms. The van der Waals surface area contributed by atoms with E-state index in [9.17, 15) is 4.79 Å². The van der Waals surface area contributed by atoms with Crippen molar-refractivity contribution in [3.8, 4) is 0 Å². The predicted octanol–water partition coefficient (Wildman–Crippen LogP) is 2.96. The molecule has 3 rings (SSSR count). The van der Waals surface area contributed by atoms with Gasteiger partial charge in [-0.1, -0.05) is 18.2 Å². The zero-order valence-corrected chi connectivity index (χ0v) is 11.8. The molecule has 94 valence electrons. The number of carbonyl (C=O) groups excluding carboxylic acids is 1. The first-order valence-electron chi connectivity index (χ1n) is 5.74. The fourth-order valence-corrected chi connectivity index (χ4v) is 2.44. The van der Waals surface area contributed by atoms with Crippen molar-refractivity contribution in [3.63, 3.8) is 0 Å². The number of para-hydroxylation sites is 1. The number of halogens is 1. The molecule has 1 aromatic carbocycles. The van der Waals surface area contributed by atoms with E-state index in [1.165, 1.54) is 0 Å². The summed E-state index contributed by atoms with van der Waals surface area (Å²) in [6.07, 6.45) is 3.23. The number of aryl methyl sites for hydroxylation is 1. The van der Waals surface area contributed by atoms with Gasteiger partial charge in [0.15, 0.2) is 0 Å². The van der Waals surface area contributed by atoms with E-state index < -0.39 is 0 Å². The second-order valence-electron chi connectivity index (χ2n) is 4.24. The lowest BCUT2D eigenvalue weighted by atomic mass is 10.1. The topological polar surface area (TPSA) is 47.8 Å². The van der Waals surface area contributed by atoms with Crippen molar-refractivity contribution >= 4 is 32.6 Å². The molecule has 0 aliphatic rings. The Hall–Kier alpha value is -2.01. The van der Waals surface area contributed by atoms with Gasteiger partial charge in [-0.3, -0.25) is 9.48 Å². The molecular weight excluding hydrogens is 306 g/mol. The molecular formula is C14H10BrN3O. The first-order chi connectivity index (χ1) is 9.15. The monoisotopic (exact) mass is 315 g/mol. The lowest BCUT2D eigenvalue weighted by Gasteiger charge is -2.04. The number of benzene rings is 1. The second-order valence-corrected chi connectivity index (χ2v) is 5.10. The van der Waals surface area contributed by atoms with Gasteiger partial charge in [0.2, 0.25) is 5.78 Å². The van der Waals surface area contributed by atoms with Crippen LogP contribution >= 0.6 is 15.9 Å². The Kier molecular flexibility index (Phi) is 2.91. The number of ketones is 1. The first-order valence-corrected chi connectivity index (χ1v) is 6.53. The van der Waals surface area contributed by atoms with Gasteiger partial charge >= 0.3 is 0 Å². The van der Waals surface area contributed by atoms with Crippen LogP contribution in [0.25, 0.3) is 10.9 Å². The van der Waals surface area contributed by atoms with Crippen LogP contribution in [0.15, 0.2) is 47.2 Å². The fourth-order valence-electron chi connectivity index (χ4n) is 1.92. The van der Waals surface area contributed by atoms with Gasteiger partial charge in [-0.15, -0.1) is 0 Å². The summed E-state index contributed by atoms with van der Waals surface area (Å²) in [7, 11) is 1.78. The largest absolute Gasteiger partial charge is 0.287 e. The molecule has 0 saturated heterocycles. The summed E-state index contributed by atoms with van der Waals surface area (Å²) >= 11 is 3.41. The van der Waals surface area contributed by atoms with Crippen LogP contribution in [-0.2, 0) is 7.05 Å². The Morgan fingerprint density at radius 1 is 1.32 bits per heavy atom. The maximum Gasteiger partial charge on any atom is 0.215 e. The highest BCUT2D eigenvalue weighted by molar-refractivity contribution is 9.10. The van der Waals surface area contributed by atoms with Crippen molar-refractivity contribution < 1.29 is 4.79 Å². The summed E-state index contributed by atoms with van der Waals surface area (Å²) in [6.45, 7) is 0. The molecule has 2 aromatic heterocycles. The van der Waals surface area contributed by atoms with Crippen molar-refractivity contribution in [2.75, 3.05) is 0 Å². The summed E-state index contributed by atoms with van der Waals surface area (Å²) < 4.78 is 2.29. The maximum absolute atomic E-state index is 12.4. The number of nitrogens with zero attached hydrogens (tertiary/aromatic N) is 3. The van der Waals surface area contributed by atoms with Crippen molar-refractivity contribution in [2.45, 2.75) is 0 Å². The molecule has 2 heterocycles. The average molecular weight is 316 g/mol. The zero-order valence-electron chi connectivity index (χ0n) is 10.2. The van der Waals surface area contributed by atoms with Crippen LogP contribution in [-0.4, -0.2) is 20.5 Å². The molecule has 0 radical (unpaired) electrons. The minimum Gasteiger partial charge on any atom is -0.287 e. The van der Waals surface area contributed by atoms with Gasteiger partial charge in [0.25, 0.3) is 0 Å². The van der Waals surface area contributed by atoms with Gasteiger partial charge < -0.3 is 0 Å². The van der Waals surface area contributed by atoms with Gasteiger partial charge in [0, 0.05) is 23.1 Å².